The first-order valence-corrected chi connectivity index (χ1v) is 12.1. The van der Waals surface area contributed by atoms with Crippen LogP contribution in [0.25, 0.3) is 0 Å². The number of ether oxygens (including phenoxy) is 1. The second-order valence-corrected chi connectivity index (χ2v) is 9.79. The molecule has 1 aliphatic heterocycles. The molecule has 2 amide bonds. The largest absolute Gasteiger partial charge is 0.450 e. The summed E-state index contributed by atoms with van der Waals surface area (Å²) < 4.78 is 32.0. The number of carbonyl (C=O) groups is 2. The monoisotopic (exact) mass is 459 g/mol. The number of nitrogens with one attached hydrogen (secondary N) is 1. The molecular weight excluding hydrogens is 430 g/mol. The zero-order valence-corrected chi connectivity index (χ0v) is 19.2. The van der Waals surface area contributed by atoms with Gasteiger partial charge in [-0.3, -0.25) is 4.79 Å². The highest BCUT2D eigenvalue weighted by atomic mass is 32.2. The number of hydrogen-bond donors (Lipinski definition) is 1. The van der Waals surface area contributed by atoms with Crippen LogP contribution in [0.2, 0.25) is 0 Å². The van der Waals surface area contributed by atoms with Crippen molar-refractivity contribution >= 4 is 27.7 Å². The van der Waals surface area contributed by atoms with E-state index in [1.165, 1.54) is 23.5 Å². The molecule has 0 aromatic heterocycles. The minimum atomic E-state index is -3.66. The lowest BCUT2D eigenvalue weighted by Crippen LogP contribution is -2.44. The summed E-state index contributed by atoms with van der Waals surface area (Å²) in [6.07, 6.45) is 1.000. The Morgan fingerprint density at radius 2 is 1.81 bits per heavy atom. The first kappa shape index (κ1) is 23.7. The van der Waals surface area contributed by atoms with Crippen LogP contribution in [0.5, 0.6) is 0 Å². The van der Waals surface area contributed by atoms with Crippen molar-refractivity contribution in [3.63, 3.8) is 0 Å². The van der Waals surface area contributed by atoms with Gasteiger partial charge < -0.3 is 15.0 Å². The molecular formula is C23H29N3O5S. The number of rotatable bonds is 7. The Hall–Kier alpha value is -2.91. The number of carbonyl (C=O) groups excluding carboxylic acids is 2. The van der Waals surface area contributed by atoms with Gasteiger partial charge in [-0.05, 0) is 49.6 Å². The van der Waals surface area contributed by atoms with E-state index in [1.807, 2.05) is 30.3 Å². The minimum Gasteiger partial charge on any atom is -0.450 e. The van der Waals surface area contributed by atoms with E-state index in [0.717, 1.165) is 12.0 Å². The number of benzene rings is 2. The number of anilines is 1. The maximum atomic E-state index is 12.9. The summed E-state index contributed by atoms with van der Waals surface area (Å²) in [6.45, 7) is 3.19. The van der Waals surface area contributed by atoms with Gasteiger partial charge in [-0.1, -0.05) is 30.3 Å². The normalized spacial score (nSPS) is 16.6. The summed E-state index contributed by atoms with van der Waals surface area (Å²) in [6, 6.07) is 15.5. The van der Waals surface area contributed by atoms with Crippen LogP contribution in [0.15, 0.2) is 59.5 Å². The highest BCUT2D eigenvalue weighted by Crippen LogP contribution is 2.22. The first-order valence-electron chi connectivity index (χ1n) is 10.6. The molecule has 2 aromatic carbocycles. The van der Waals surface area contributed by atoms with E-state index in [1.54, 1.807) is 24.0 Å². The Balaban J connectivity index is 1.61. The highest BCUT2D eigenvalue weighted by Gasteiger charge is 2.29. The van der Waals surface area contributed by atoms with Gasteiger partial charge in [0.2, 0.25) is 15.9 Å². The van der Waals surface area contributed by atoms with Crippen LogP contribution in [0.1, 0.15) is 25.3 Å². The fraction of sp³-hybridized carbons (Fsp3) is 0.391. The molecule has 0 bridgehead atoms. The Labute approximate surface area is 189 Å². The van der Waals surface area contributed by atoms with Crippen LogP contribution in [0, 0.1) is 5.92 Å². The van der Waals surface area contributed by atoms with Crippen molar-refractivity contribution in [2.24, 2.45) is 5.92 Å². The topological polar surface area (TPSA) is 96.0 Å². The summed E-state index contributed by atoms with van der Waals surface area (Å²) in [4.78, 5) is 26.3. The number of hydrogen-bond acceptors (Lipinski definition) is 5. The SMILES string of the molecule is CCOC(=O)N1CCC[C@H](C(=O)Nc2ccc(S(=O)(=O)N(C)Cc3ccccc3)cc2)C1. The fourth-order valence-electron chi connectivity index (χ4n) is 3.63. The molecule has 9 heteroatoms. The molecule has 1 heterocycles. The molecule has 0 saturated carbocycles. The van der Waals surface area contributed by atoms with Crippen LogP contribution in [0.3, 0.4) is 0 Å². The van der Waals surface area contributed by atoms with Gasteiger partial charge in [0.1, 0.15) is 0 Å². The van der Waals surface area contributed by atoms with E-state index < -0.39 is 16.1 Å². The first-order chi connectivity index (χ1) is 15.3. The smallest absolute Gasteiger partial charge is 0.409 e. The van der Waals surface area contributed by atoms with Crippen LogP contribution < -0.4 is 5.32 Å². The summed E-state index contributed by atoms with van der Waals surface area (Å²) in [5.74, 6) is -0.538. The maximum Gasteiger partial charge on any atom is 0.409 e. The Bertz CT molecular complexity index is 1030. The third-order valence-corrected chi connectivity index (χ3v) is 7.21. The third kappa shape index (κ3) is 5.86. The van der Waals surface area contributed by atoms with Gasteiger partial charge in [0.05, 0.1) is 17.4 Å². The predicted octanol–water partition coefficient (Wildman–Crippen LogP) is 3.31. The van der Waals surface area contributed by atoms with E-state index in [2.05, 4.69) is 5.32 Å². The highest BCUT2D eigenvalue weighted by molar-refractivity contribution is 7.89. The van der Waals surface area contributed by atoms with E-state index in [4.69, 9.17) is 4.74 Å². The predicted molar refractivity (Wildman–Crippen MR) is 121 cm³/mol. The second-order valence-electron chi connectivity index (χ2n) is 7.74. The van der Waals surface area contributed by atoms with Crippen LogP contribution in [-0.2, 0) is 26.1 Å². The molecule has 1 saturated heterocycles. The van der Waals surface area contributed by atoms with Gasteiger partial charge in [-0.2, -0.15) is 4.31 Å². The average Bonchev–Trinajstić information content (AvgIpc) is 2.80. The van der Waals surface area contributed by atoms with Gasteiger partial charge in [0, 0.05) is 32.4 Å². The molecule has 0 radical (unpaired) electrons. The quantitative estimate of drug-likeness (QED) is 0.685. The Kier molecular flexibility index (Phi) is 7.87. The van der Waals surface area contributed by atoms with Gasteiger partial charge in [0.25, 0.3) is 0 Å². The molecule has 1 N–H and O–H groups in total. The molecule has 0 spiro atoms. The molecule has 0 unspecified atom stereocenters. The van der Waals surface area contributed by atoms with E-state index >= 15 is 0 Å². The summed E-state index contributed by atoms with van der Waals surface area (Å²) in [5, 5.41) is 2.82. The number of likely N-dealkylation sites (tertiary alicyclic amines) is 1. The lowest BCUT2D eigenvalue weighted by Gasteiger charge is -2.31. The fourth-order valence-corrected chi connectivity index (χ4v) is 4.79. The molecule has 1 atom stereocenters. The molecule has 8 nitrogen and oxygen atoms in total. The maximum absolute atomic E-state index is 12.9. The summed E-state index contributed by atoms with van der Waals surface area (Å²) in [7, 11) is -2.12. The standard InChI is InChI=1S/C23H29N3O5S/c1-3-31-23(28)26-15-7-10-19(17-26)22(27)24-20-11-13-21(14-12-20)32(29,30)25(2)16-18-8-5-4-6-9-18/h4-6,8-9,11-14,19H,3,7,10,15-17H2,1-2H3,(H,24,27)/t19-/m0/s1. The van der Waals surface area contributed by atoms with Crippen LogP contribution in [-0.4, -0.2) is 56.4 Å². The third-order valence-electron chi connectivity index (χ3n) is 5.40. The molecule has 1 fully saturated rings. The lowest BCUT2D eigenvalue weighted by molar-refractivity contribution is -0.121. The summed E-state index contributed by atoms with van der Waals surface area (Å²) in [5.41, 5.74) is 1.40. The minimum absolute atomic E-state index is 0.153. The van der Waals surface area contributed by atoms with Crippen LogP contribution >= 0.6 is 0 Å². The number of amides is 2. The van der Waals surface area contributed by atoms with Gasteiger partial charge in [0.15, 0.2) is 0 Å². The van der Waals surface area contributed by atoms with Crippen molar-refractivity contribution in [1.82, 2.24) is 9.21 Å². The van der Waals surface area contributed by atoms with E-state index in [-0.39, 0.29) is 23.3 Å². The molecule has 172 valence electrons. The number of nitrogens with zero attached hydrogens (tertiary/aromatic N) is 2. The average molecular weight is 460 g/mol. The molecule has 32 heavy (non-hydrogen) atoms. The van der Waals surface area contributed by atoms with E-state index in [0.29, 0.717) is 31.8 Å². The summed E-state index contributed by atoms with van der Waals surface area (Å²) >= 11 is 0. The zero-order chi connectivity index (χ0) is 23.1. The molecule has 2 aromatic rings. The van der Waals surface area contributed by atoms with Crippen molar-refractivity contribution in [2.75, 3.05) is 32.1 Å². The van der Waals surface area contributed by atoms with Crippen molar-refractivity contribution in [3.05, 3.63) is 60.2 Å². The van der Waals surface area contributed by atoms with Crippen molar-refractivity contribution in [2.45, 2.75) is 31.2 Å². The van der Waals surface area contributed by atoms with Crippen LogP contribution in [0.4, 0.5) is 10.5 Å². The Morgan fingerprint density at radius 1 is 1.12 bits per heavy atom. The Morgan fingerprint density at radius 3 is 2.47 bits per heavy atom. The van der Waals surface area contributed by atoms with E-state index in [9.17, 15) is 18.0 Å². The molecule has 0 aliphatic carbocycles. The lowest BCUT2D eigenvalue weighted by atomic mass is 9.97. The van der Waals surface area contributed by atoms with Crippen molar-refractivity contribution < 1.29 is 22.7 Å². The molecule has 3 rings (SSSR count). The second kappa shape index (κ2) is 10.6. The molecule has 1 aliphatic rings. The number of piperidine rings is 1. The zero-order valence-electron chi connectivity index (χ0n) is 18.4. The van der Waals surface area contributed by atoms with Crippen molar-refractivity contribution in [1.29, 1.82) is 0 Å². The van der Waals surface area contributed by atoms with Crippen molar-refractivity contribution in [3.8, 4) is 0 Å². The van der Waals surface area contributed by atoms with Gasteiger partial charge in [-0.25, -0.2) is 13.2 Å². The van der Waals surface area contributed by atoms with Gasteiger partial charge >= 0.3 is 6.09 Å². The number of sulfonamides is 1. The van der Waals surface area contributed by atoms with Gasteiger partial charge in [-0.15, -0.1) is 0 Å².